The predicted octanol–water partition coefficient (Wildman–Crippen LogP) is -9.54. The van der Waals surface area contributed by atoms with Gasteiger partial charge >= 0.3 is 23.2 Å². The van der Waals surface area contributed by atoms with Crippen LogP contribution >= 0.6 is 22.7 Å². The summed E-state index contributed by atoms with van der Waals surface area (Å²) < 4.78 is 28.7. The summed E-state index contributed by atoms with van der Waals surface area (Å²) in [5.41, 5.74) is 38.5. The number of carbonyl (C=O) groups excluding carboxylic acids is 7. The zero-order valence-corrected chi connectivity index (χ0v) is 56.4. The van der Waals surface area contributed by atoms with Crippen molar-refractivity contribution in [1.29, 1.82) is 0 Å². The number of imidazole rings is 1. The molecule has 99 heavy (non-hydrogen) atoms. The Morgan fingerprint density at radius 1 is 0.818 bits per heavy atom. The molecule has 2 fully saturated rings. The van der Waals surface area contributed by atoms with Gasteiger partial charge in [-0.05, 0) is 33.6 Å². The second kappa shape index (κ2) is 38.1. The van der Waals surface area contributed by atoms with Crippen molar-refractivity contribution in [3.63, 3.8) is 0 Å². The topological polar surface area (TPSA) is 698 Å². The van der Waals surface area contributed by atoms with E-state index in [1.165, 1.54) is 50.4 Å². The number of anilines is 1. The van der Waals surface area contributed by atoms with Crippen LogP contribution in [0.3, 0.4) is 0 Å². The summed E-state index contributed by atoms with van der Waals surface area (Å²) in [6.07, 6.45) is -24.1. The second-order valence-corrected chi connectivity index (χ2v) is 24.5. The molecular formula is C55H83MnN20O21S2+2. The summed E-state index contributed by atoms with van der Waals surface area (Å²) in [4.78, 5) is 124. The third-order valence-corrected chi connectivity index (χ3v) is 17.1. The molecule has 546 valence electrons. The van der Waals surface area contributed by atoms with Gasteiger partial charge in [0.2, 0.25) is 29.5 Å². The molecule has 41 nitrogen and oxygen atoms in total. The Bertz CT molecular complexity index is 3410. The molecule has 2 aliphatic rings. The van der Waals surface area contributed by atoms with Crippen LogP contribution in [0.25, 0.3) is 10.7 Å². The van der Waals surface area contributed by atoms with Gasteiger partial charge in [-0.3, -0.25) is 38.8 Å². The van der Waals surface area contributed by atoms with Crippen molar-refractivity contribution in [2.24, 2.45) is 50.3 Å². The first kappa shape index (κ1) is 81.8. The fourth-order valence-corrected chi connectivity index (χ4v) is 11.4. The average molecular weight is 1480 g/mol. The number of nitrogens with one attached hydrogen (secondary N) is 6. The van der Waals surface area contributed by atoms with Crippen LogP contribution in [0, 0.1) is 12.8 Å². The van der Waals surface area contributed by atoms with Gasteiger partial charge in [0.1, 0.15) is 82.9 Å². The van der Waals surface area contributed by atoms with Gasteiger partial charge in [0.15, 0.2) is 30.7 Å². The number of unbranched alkanes of at least 4 members (excludes halogenated alkanes) is 1. The summed E-state index contributed by atoms with van der Waals surface area (Å²) in [7, 11) is 0. The Hall–Kier alpha value is -7.86. The average Bonchev–Trinajstić information content (AvgIpc) is 1.27. The Balaban J connectivity index is 0.0000177. The van der Waals surface area contributed by atoms with Crippen LogP contribution in [0.5, 0.6) is 0 Å². The Kier molecular flexibility index (Phi) is 31.5. The number of primary amides is 3. The van der Waals surface area contributed by atoms with Crippen LogP contribution in [0.4, 0.5) is 10.6 Å². The third kappa shape index (κ3) is 22.3. The van der Waals surface area contributed by atoms with Crippen molar-refractivity contribution in [3.8, 4) is 10.7 Å². The number of ether oxygens (including phenoxy) is 5. The van der Waals surface area contributed by atoms with Gasteiger partial charge < -0.3 is 141 Å². The molecule has 44 heteroatoms. The third-order valence-electron chi connectivity index (χ3n) is 15.4. The Morgan fingerprint density at radius 2 is 1.51 bits per heavy atom. The van der Waals surface area contributed by atoms with Crippen LogP contribution in [-0.4, -0.2) is 261 Å². The first-order chi connectivity index (χ1) is 46.3. The number of aromatic nitrogens is 6. The smallest absolute Gasteiger partial charge is 0.857 e. The van der Waals surface area contributed by atoms with Gasteiger partial charge in [0, 0.05) is 61.2 Å². The molecule has 2 saturated heterocycles. The fraction of sp³-hybridized carbons (Fsp3) is 0.600. The fourth-order valence-electron chi connectivity index (χ4n) is 9.81. The molecule has 7 amide bonds. The van der Waals surface area contributed by atoms with E-state index in [0.717, 1.165) is 12.5 Å². The molecule has 19 unspecified atom stereocenters. The van der Waals surface area contributed by atoms with E-state index in [2.05, 4.69) is 66.5 Å². The van der Waals surface area contributed by atoms with E-state index >= 15 is 4.79 Å². The molecule has 6 rings (SSSR count). The van der Waals surface area contributed by atoms with Gasteiger partial charge in [-0.25, -0.2) is 29.7 Å². The van der Waals surface area contributed by atoms with E-state index in [4.69, 9.17) is 63.8 Å². The largest absolute Gasteiger partial charge is 3.00 e. The summed E-state index contributed by atoms with van der Waals surface area (Å²) >= 11 is 2.46. The summed E-state index contributed by atoms with van der Waals surface area (Å²) in [6.45, 7) is 3.32. The van der Waals surface area contributed by atoms with E-state index in [1.54, 1.807) is 10.8 Å². The van der Waals surface area contributed by atoms with Gasteiger partial charge in [-0.2, -0.15) is 0 Å². The van der Waals surface area contributed by atoms with Crippen LogP contribution in [0.15, 0.2) is 33.3 Å². The van der Waals surface area contributed by atoms with E-state index in [-0.39, 0.29) is 77.0 Å². The molecule has 4 aromatic rings. The van der Waals surface area contributed by atoms with E-state index in [9.17, 15) is 74.7 Å². The number of nitrogen functional groups attached to an aromatic ring is 1. The van der Waals surface area contributed by atoms with Crippen molar-refractivity contribution in [2.75, 3.05) is 45.1 Å². The summed E-state index contributed by atoms with van der Waals surface area (Å²) in [5.74, 6) is -9.11. The second-order valence-electron chi connectivity index (χ2n) is 22.7. The van der Waals surface area contributed by atoms with Crippen molar-refractivity contribution in [1.82, 2.24) is 56.5 Å². The van der Waals surface area contributed by atoms with Crippen LogP contribution in [0.1, 0.15) is 90.5 Å². The molecule has 28 N–H and O–H groups in total. The van der Waals surface area contributed by atoms with Crippen LogP contribution in [0.2, 0.25) is 0 Å². The molecule has 0 radical (unpaired) electrons. The molecule has 2 aliphatic heterocycles. The number of thiazole rings is 2. The van der Waals surface area contributed by atoms with E-state index in [0.29, 0.717) is 41.6 Å². The summed E-state index contributed by atoms with van der Waals surface area (Å²) in [6, 6.07) is -8.06. The van der Waals surface area contributed by atoms with Crippen molar-refractivity contribution < 1.29 is 120 Å². The van der Waals surface area contributed by atoms with Crippen LogP contribution < -0.4 is 71.8 Å². The number of nitrogens with zero attached hydrogens (tertiary/aromatic N) is 7. The van der Waals surface area contributed by atoms with E-state index < -0.39 is 183 Å². The molecule has 6 heterocycles. The zero-order chi connectivity index (χ0) is 72.4. The number of aliphatic hydroxyl groups excluding tert-OH is 8. The monoisotopic (exact) mass is 1480 g/mol. The first-order valence-electron chi connectivity index (χ1n) is 30.3. The number of hydrogen-bond donors (Lipinski definition) is 21. The van der Waals surface area contributed by atoms with Gasteiger partial charge in [-0.15, -0.1) is 22.7 Å². The number of aliphatic imine (C=N–C) groups is 2. The minimum absolute atomic E-state index is 0. The van der Waals surface area contributed by atoms with E-state index in [1.807, 2.05) is 0 Å². The minimum atomic E-state index is -2.31. The number of nitrogens with two attached hydrogens (primary N) is 7. The van der Waals surface area contributed by atoms with Gasteiger partial charge in [0.05, 0.1) is 78.4 Å². The van der Waals surface area contributed by atoms with Crippen LogP contribution in [-0.2, 0) is 71.1 Å². The quantitative estimate of drug-likeness (QED) is 0.00870. The summed E-state index contributed by atoms with van der Waals surface area (Å²) in [5, 5.41) is 120. The number of aliphatic hydroxyl groups is 8. The first-order valence-corrected chi connectivity index (χ1v) is 32.1. The molecule has 4 aromatic heterocycles. The Labute approximate surface area is 582 Å². The molecule has 0 spiro atoms. The maximum atomic E-state index is 15.2. The molecule has 19 atom stereocenters. The zero-order valence-electron chi connectivity index (χ0n) is 53.6. The normalized spacial score (nSPS) is 23.6. The minimum Gasteiger partial charge on any atom is -0.857 e. The maximum absolute atomic E-state index is 15.2. The maximum Gasteiger partial charge on any atom is 3.00 e. The van der Waals surface area contributed by atoms with Gasteiger partial charge in [0.25, 0.3) is 5.91 Å². The standard InChI is InChI=1S/C55H84N20O21S2.Mn/c1-19-32(72-45(75-43(19)58)24(11-30(57)79)67-12-23(56)44(59)85)49(89)74-34(40(25-13-63-18-68-25)94-53-42(38(83)36(81)28(14-76)93-53)95-52-39(84)41(96-55(62)91)37(82)29(15-77)92-52)50(90)69-21(3)35(80)20(2)46(86)73-33(22(4)78)48(88)65-10-7-31-70-27(17-97-31)51-71-26(16-98-51)47(87)64-8-5-6-9-66-54(60)61;/h13,16-18,20-24,28-29,33-42,52-53,67,76-78,80-84H,5-12,14-15,56H2,1-4H3,(H2,57,79)(H2,59,85)(H2,62,91)(H,63,68)(H,64,87)(H,65,88)(H,69,90)(H,73,86)(H,74,89)(H2,58,72,75)(H4,60,61,66);/q;+3/p-1. The number of hydrogen-bond acceptors (Lipinski definition) is 33. The number of H-pyrrole nitrogens is 1. The number of rotatable bonds is 36. The molecule has 0 saturated carbocycles. The SMILES string of the molecule is Cc1c(N)nc(C(CC(N)=O)NCC(N)C(N)=O)nc1C([O-])=NC(C(=O)NC(C)C(O)C(C)C(=O)NC(C(=O)NCCc1nc(-c2nc(C(=O)NCCCCN=C(N)N)cs2)cs1)C(C)O)C(OC1OC(CO)C(O)C(O)C1OC1OC(CO)C(O)C(OC(N)=O)C1O)c1cnc[nH]1.[Mn+3]. The van der Waals surface area contributed by atoms with Crippen molar-refractivity contribution >= 4 is 81.9 Å². The van der Waals surface area contributed by atoms with Gasteiger partial charge in [-0.1, -0.05) is 6.92 Å². The molecule has 0 bridgehead atoms. The predicted molar refractivity (Wildman–Crippen MR) is 339 cm³/mol. The number of carbonyl (C=O) groups is 7. The number of amides is 7. The molecule has 0 aromatic carbocycles. The molecular weight excluding hydrogens is 1400 g/mol. The van der Waals surface area contributed by atoms with Crippen molar-refractivity contribution in [3.05, 3.63) is 56.8 Å². The number of aromatic amines is 1. The number of guanidine groups is 1. The van der Waals surface area contributed by atoms with Crippen molar-refractivity contribution in [2.45, 2.75) is 163 Å². The molecule has 0 aliphatic carbocycles. The Morgan fingerprint density at radius 3 is 2.13 bits per heavy atom.